The van der Waals surface area contributed by atoms with Gasteiger partial charge in [0.05, 0.1) is 65.9 Å². The van der Waals surface area contributed by atoms with Crippen LogP contribution < -0.4 is 51.4 Å². The van der Waals surface area contributed by atoms with Gasteiger partial charge in [-0.25, -0.2) is 0 Å². The molecule has 0 unspecified atom stereocenters. The molecule has 0 spiro atoms. The van der Waals surface area contributed by atoms with Crippen molar-refractivity contribution in [2.24, 2.45) is 9.98 Å². The number of allylic oxidation sites excluding steroid dienone is 1. The number of rotatable bonds is 12. The van der Waals surface area contributed by atoms with Crippen molar-refractivity contribution in [3.8, 4) is 0 Å². The number of epoxide rings is 1. The van der Waals surface area contributed by atoms with Crippen molar-refractivity contribution in [3.05, 3.63) is 113 Å². The van der Waals surface area contributed by atoms with E-state index in [4.69, 9.17) is 24.8 Å². The van der Waals surface area contributed by atoms with Crippen molar-refractivity contribution in [1.82, 2.24) is 0 Å². The zero-order chi connectivity index (χ0) is 32.8. The average molecular weight is 660 g/mol. The Morgan fingerprint density at radius 2 is 1.17 bits per heavy atom. The first-order valence-electron chi connectivity index (χ1n) is 15.4. The molecule has 0 saturated carbocycles. The molecule has 9 heteroatoms. The van der Waals surface area contributed by atoms with E-state index in [-0.39, 0.29) is 64.6 Å². The average Bonchev–Trinajstić information content (AvgIpc) is 4.01. The van der Waals surface area contributed by atoms with E-state index in [0.29, 0.717) is 39.5 Å². The maximum Gasteiger partial charge on any atom is 1.00 e. The Bertz CT molecular complexity index is 1200. The molecule has 0 atom stereocenters. The summed E-state index contributed by atoms with van der Waals surface area (Å²) in [5, 5.41) is 24.0. The summed E-state index contributed by atoms with van der Waals surface area (Å²) >= 11 is 0. The fourth-order valence-electron chi connectivity index (χ4n) is 3.80. The molecule has 0 bridgehead atoms. The second kappa shape index (κ2) is 31.7. The Morgan fingerprint density at radius 3 is 1.67 bits per heavy atom. The number of hydrogen-bond donors (Lipinski definition) is 3. The largest absolute Gasteiger partial charge is 1.00 e. The summed E-state index contributed by atoms with van der Waals surface area (Å²) in [5.74, 6) is 0. The summed E-state index contributed by atoms with van der Waals surface area (Å²) in [6.45, 7) is 9.28. The molecule has 1 saturated heterocycles. The number of aryl methyl sites for hydroxylation is 1. The summed E-state index contributed by atoms with van der Waals surface area (Å²) < 4.78 is 14.9. The van der Waals surface area contributed by atoms with E-state index in [1.54, 1.807) is 0 Å². The molecule has 1 aliphatic carbocycles. The van der Waals surface area contributed by atoms with E-state index in [2.05, 4.69) is 51.1 Å². The molecular weight excluding hydrogens is 608 g/mol. The van der Waals surface area contributed by atoms with E-state index in [1.165, 1.54) is 24.0 Å². The Balaban J connectivity index is 0.000000627. The summed E-state index contributed by atoms with van der Waals surface area (Å²) in [5.41, 5.74) is 7.15. The molecule has 3 aromatic carbocycles. The van der Waals surface area contributed by atoms with Crippen LogP contribution in [0.1, 0.15) is 42.5 Å². The SMILES string of the molecule is C1=Cc2ccccc2CC1.C1CO1.CC(=NCCO)c1ccccc1.CC(=NCCOCCOCCO)c1ccccc1.CO.[K+]. The molecule has 2 aliphatic rings. The van der Waals surface area contributed by atoms with Gasteiger partial charge in [0.2, 0.25) is 0 Å². The van der Waals surface area contributed by atoms with Crippen molar-refractivity contribution in [1.29, 1.82) is 0 Å². The molecule has 1 fully saturated rings. The third-order valence-corrected chi connectivity index (χ3v) is 6.16. The third-order valence-electron chi connectivity index (χ3n) is 6.16. The number of fused-ring (bicyclic) bond motifs is 1. The van der Waals surface area contributed by atoms with Crippen molar-refractivity contribution in [2.45, 2.75) is 26.7 Å². The van der Waals surface area contributed by atoms with Crippen molar-refractivity contribution in [2.75, 3.05) is 73.1 Å². The van der Waals surface area contributed by atoms with E-state index in [0.717, 1.165) is 42.9 Å². The standard InChI is InChI=1S/C14H21NO3.C10H13NO.C10H10.C2H4O.CH4O.K/c1-13(14-5-3-2-4-6-14)15-7-9-17-11-12-18-10-8-16;1-9(11-7-8-12)10-5-3-2-4-6-10;1-2-6-10-8-4-3-7-9(10)5-1;1-2-3-1;1-2;/h2-6,16H,7-12H2,1H3;2-6,12H,7-8H2,1H3;1-3,5-7H,4,8H2;1-2H2;2H,1H3;/q;;;;;+1. The van der Waals surface area contributed by atoms with Gasteiger partial charge >= 0.3 is 51.4 Å². The van der Waals surface area contributed by atoms with E-state index >= 15 is 0 Å². The summed E-state index contributed by atoms with van der Waals surface area (Å²) in [4.78, 5) is 8.62. The van der Waals surface area contributed by atoms with Gasteiger partial charge in [-0.2, -0.15) is 0 Å². The molecule has 5 rings (SSSR count). The minimum Gasteiger partial charge on any atom is -0.400 e. The van der Waals surface area contributed by atoms with Gasteiger partial charge in [0.1, 0.15) is 0 Å². The molecular formula is C37H52KN2O6+. The molecule has 3 aromatic rings. The van der Waals surface area contributed by atoms with E-state index in [9.17, 15) is 0 Å². The summed E-state index contributed by atoms with van der Waals surface area (Å²) in [6.07, 6.45) is 6.87. The van der Waals surface area contributed by atoms with Crippen molar-refractivity contribution >= 4 is 17.5 Å². The number of nitrogens with zero attached hydrogens (tertiary/aromatic N) is 2. The predicted molar refractivity (Wildman–Crippen MR) is 186 cm³/mol. The van der Waals surface area contributed by atoms with E-state index in [1.807, 2.05) is 74.5 Å². The first-order valence-corrected chi connectivity index (χ1v) is 15.4. The van der Waals surface area contributed by atoms with Crippen LogP contribution in [0.25, 0.3) is 6.08 Å². The third kappa shape index (κ3) is 23.5. The zero-order valence-corrected chi connectivity index (χ0v) is 31.3. The smallest absolute Gasteiger partial charge is 0.400 e. The van der Waals surface area contributed by atoms with Gasteiger partial charge < -0.3 is 29.5 Å². The van der Waals surface area contributed by atoms with Gasteiger partial charge in [0.25, 0.3) is 0 Å². The maximum absolute atomic E-state index is 8.55. The fraction of sp³-hybridized carbons (Fsp3) is 0.405. The normalized spacial score (nSPS) is 12.6. The monoisotopic (exact) mass is 659 g/mol. The van der Waals surface area contributed by atoms with Crippen LogP contribution in [-0.4, -0.2) is 99.8 Å². The zero-order valence-electron chi connectivity index (χ0n) is 28.2. The van der Waals surface area contributed by atoms with E-state index < -0.39 is 0 Å². The van der Waals surface area contributed by atoms with Crippen LogP contribution in [0.3, 0.4) is 0 Å². The molecule has 3 N–H and O–H groups in total. The Labute approximate surface area is 318 Å². The van der Waals surface area contributed by atoms with Crippen LogP contribution in [0.2, 0.25) is 0 Å². The molecule has 0 radical (unpaired) electrons. The van der Waals surface area contributed by atoms with Crippen LogP contribution in [0.5, 0.6) is 0 Å². The van der Waals surface area contributed by atoms with Crippen molar-refractivity contribution < 1.29 is 80.9 Å². The van der Waals surface area contributed by atoms with Gasteiger partial charge in [0.15, 0.2) is 0 Å². The Kier molecular flexibility index (Phi) is 30.4. The molecule has 1 heterocycles. The van der Waals surface area contributed by atoms with Crippen LogP contribution in [-0.2, 0) is 20.6 Å². The van der Waals surface area contributed by atoms with Gasteiger partial charge in [-0.3, -0.25) is 9.98 Å². The second-order valence-corrected chi connectivity index (χ2v) is 9.59. The molecule has 46 heavy (non-hydrogen) atoms. The second-order valence-electron chi connectivity index (χ2n) is 9.59. The molecule has 0 amide bonds. The molecule has 0 aromatic heterocycles. The van der Waals surface area contributed by atoms with Gasteiger partial charge in [-0.1, -0.05) is 97.1 Å². The Morgan fingerprint density at radius 1 is 0.674 bits per heavy atom. The fourth-order valence-corrected chi connectivity index (χ4v) is 3.80. The van der Waals surface area contributed by atoms with Gasteiger partial charge in [-0.15, -0.1) is 0 Å². The van der Waals surface area contributed by atoms with Crippen LogP contribution in [0.4, 0.5) is 0 Å². The Hall–Kier alpha value is -1.86. The van der Waals surface area contributed by atoms with Gasteiger partial charge in [-0.05, 0) is 48.9 Å². The quantitative estimate of drug-likeness (QED) is 0.119. The number of benzene rings is 3. The minimum atomic E-state index is 0. The van der Waals surface area contributed by atoms with Crippen LogP contribution >= 0.6 is 0 Å². The maximum atomic E-state index is 8.55. The summed E-state index contributed by atoms with van der Waals surface area (Å²) in [6, 6.07) is 28.6. The summed E-state index contributed by atoms with van der Waals surface area (Å²) in [7, 11) is 1.00. The molecule has 246 valence electrons. The number of aliphatic hydroxyl groups is 3. The molecule has 8 nitrogen and oxygen atoms in total. The number of aliphatic hydroxyl groups excluding tert-OH is 3. The minimum absolute atomic E-state index is 0. The van der Waals surface area contributed by atoms with Gasteiger partial charge in [0, 0.05) is 18.5 Å². The first kappa shape index (κ1) is 44.1. The number of aliphatic imine (C=N–C) groups is 2. The van der Waals surface area contributed by atoms with Crippen molar-refractivity contribution in [3.63, 3.8) is 0 Å². The molecule has 1 aliphatic heterocycles. The van der Waals surface area contributed by atoms with Crippen LogP contribution in [0, 0.1) is 0 Å². The first-order chi connectivity index (χ1) is 22.2. The topological polar surface area (TPSA) is 116 Å². The van der Waals surface area contributed by atoms with Crippen LogP contribution in [0.15, 0.2) is 101 Å². The number of ether oxygens (including phenoxy) is 3. The number of hydrogen-bond acceptors (Lipinski definition) is 8. The predicted octanol–water partition coefficient (Wildman–Crippen LogP) is 2.28.